The Morgan fingerprint density at radius 2 is 1.96 bits per heavy atom. The van der Waals surface area contributed by atoms with Gasteiger partial charge in [-0.2, -0.15) is 0 Å². The molecule has 0 bridgehead atoms. The van der Waals surface area contributed by atoms with Crippen LogP contribution in [0.1, 0.15) is 17.3 Å². The summed E-state index contributed by atoms with van der Waals surface area (Å²) < 4.78 is 12.3. The minimum atomic E-state index is -0.419. The molecule has 0 radical (unpaired) electrons. The Morgan fingerprint density at radius 1 is 1.18 bits per heavy atom. The number of furan rings is 1. The quantitative estimate of drug-likeness (QED) is 0.461. The van der Waals surface area contributed by atoms with E-state index in [1.54, 1.807) is 49.8 Å². The van der Waals surface area contributed by atoms with Crippen molar-refractivity contribution in [2.24, 2.45) is 0 Å². The fourth-order valence-corrected chi connectivity index (χ4v) is 3.18. The van der Waals surface area contributed by atoms with Crippen molar-refractivity contribution in [2.45, 2.75) is 18.6 Å². The first kappa shape index (κ1) is 19.5. The van der Waals surface area contributed by atoms with Gasteiger partial charge in [0.2, 0.25) is 5.91 Å². The van der Waals surface area contributed by atoms with E-state index in [9.17, 15) is 9.59 Å². The van der Waals surface area contributed by atoms with E-state index in [0.717, 1.165) is 0 Å². The van der Waals surface area contributed by atoms with Crippen LogP contribution in [0, 0.1) is 0 Å². The van der Waals surface area contributed by atoms with Gasteiger partial charge >= 0.3 is 0 Å². The van der Waals surface area contributed by atoms with Gasteiger partial charge < -0.3 is 9.15 Å². The summed E-state index contributed by atoms with van der Waals surface area (Å²) in [5.41, 5.74) is 5.17. The van der Waals surface area contributed by atoms with Crippen LogP contribution in [-0.4, -0.2) is 39.4 Å². The number of rotatable bonds is 7. The molecule has 0 saturated heterocycles. The molecule has 0 unspecified atom stereocenters. The third-order valence-corrected chi connectivity index (χ3v) is 4.74. The molecule has 0 aliphatic rings. The van der Waals surface area contributed by atoms with Crippen LogP contribution in [0.15, 0.2) is 52.2 Å². The molecule has 2 N–H and O–H groups in total. The number of carbonyl (C=O) groups excluding carboxylic acids is 2. The molecule has 3 aromatic rings. The highest BCUT2D eigenvalue weighted by molar-refractivity contribution is 7.99. The Kier molecular flexibility index (Phi) is 6.33. The summed E-state index contributed by atoms with van der Waals surface area (Å²) in [7, 11) is 1.55. The van der Waals surface area contributed by atoms with Crippen LogP contribution in [-0.2, 0) is 11.3 Å². The van der Waals surface area contributed by atoms with Gasteiger partial charge in [0.1, 0.15) is 5.75 Å². The normalized spacial score (nSPS) is 10.5. The fraction of sp³-hybridized carbons (Fsp3) is 0.222. The fourth-order valence-electron chi connectivity index (χ4n) is 2.38. The van der Waals surface area contributed by atoms with Crippen molar-refractivity contribution in [3.63, 3.8) is 0 Å². The van der Waals surface area contributed by atoms with Crippen molar-refractivity contribution in [2.75, 3.05) is 12.9 Å². The van der Waals surface area contributed by atoms with Gasteiger partial charge in [0.05, 0.1) is 19.1 Å². The van der Waals surface area contributed by atoms with Crippen molar-refractivity contribution in [3.8, 4) is 17.3 Å². The Bertz CT molecular complexity index is 938. The van der Waals surface area contributed by atoms with Crippen LogP contribution in [0.2, 0.25) is 0 Å². The number of aromatic nitrogens is 3. The summed E-state index contributed by atoms with van der Waals surface area (Å²) in [6, 6.07) is 10.1. The number of nitrogens with one attached hydrogen (secondary N) is 2. The van der Waals surface area contributed by atoms with Crippen molar-refractivity contribution in [1.82, 2.24) is 25.6 Å². The third kappa shape index (κ3) is 4.52. The first-order chi connectivity index (χ1) is 13.6. The Balaban J connectivity index is 1.52. The number of methoxy groups -OCH3 is 1. The first-order valence-corrected chi connectivity index (χ1v) is 9.44. The van der Waals surface area contributed by atoms with E-state index in [-0.39, 0.29) is 11.7 Å². The van der Waals surface area contributed by atoms with Gasteiger partial charge in [0.15, 0.2) is 16.7 Å². The van der Waals surface area contributed by atoms with Crippen LogP contribution in [0.5, 0.6) is 5.75 Å². The lowest BCUT2D eigenvalue weighted by molar-refractivity contribution is -0.119. The molecule has 10 heteroatoms. The third-order valence-electron chi connectivity index (χ3n) is 3.77. The summed E-state index contributed by atoms with van der Waals surface area (Å²) in [5, 5.41) is 8.82. The highest BCUT2D eigenvalue weighted by Gasteiger charge is 2.16. The molecule has 1 aromatic carbocycles. The van der Waals surface area contributed by atoms with E-state index in [1.807, 2.05) is 11.5 Å². The van der Waals surface area contributed by atoms with Crippen molar-refractivity contribution in [3.05, 3.63) is 48.2 Å². The smallest absolute Gasteiger partial charge is 0.269 e. The summed E-state index contributed by atoms with van der Waals surface area (Å²) >= 11 is 1.22. The average Bonchev–Trinajstić information content (AvgIpc) is 3.39. The number of hydrogen-bond donors (Lipinski definition) is 2. The van der Waals surface area contributed by atoms with Crippen molar-refractivity contribution in [1.29, 1.82) is 0 Å². The van der Waals surface area contributed by atoms with Crippen LogP contribution in [0.4, 0.5) is 0 Å². The van der Waals surface area contributed by atoms with E-state index in [2.05, 4.69) is 21.0 Å². The average molecular weight is 401 g/mol. The lowest BCUT2D eigenvalue weighted by atomic mass is 10.2. The van der Waals surface area contributed by atoms with Gasteiger partial charge in [-0.1, -0.05) is 11.8 Å². The second-order valence-electron chi connectivity index (χ2n) is 5.55. The van der Waals surface area contributed by atoms with Gasteiger partial charge in [0.25, 0.3) is 5.91 Å². The minimum absolute atomic E-state index is 0.0686. The Labute approximate surface area is 165 Å². The summed E-state index contributed by atoms with van der Waals surface area (Å²) in [4.78, 5) is 24.1. The molecular formula is C18H19N5O4S. The number of carbonyl (C=O) groups is 2. The summed E-state index contributed by atoms with van der Waals surface area (Å²) in [5.74, 6) is 1.14. The van der Waals surface area contributed by atoms with Crippen LogP contribution < -0.4 is 15.6 Å². The zero-order valence-corrected chi connectivity index (χ0v) is 16.2. The highest BCUT2D eigenvalue weighted by Crippen LogP contribution is 2.24. The lowest BCUT2D eigenvalue weighted by Crippen LogP contribution is -2.42. The first-order valence-electron chi connectivity index (χ1n) is 8.45. The number of hydrogen-bond acceptors (Lipinski definition) is 7. The standard InChI is InChI=1S/C18H19N5O4S/c1-3-23-16(14-5-4-10-27-14)20-22-18(23)28-11-15(24)19-21-17(25)12-6-8-13(26-2)9-7-12/h4-10H,3,11H2,1-2H3,(H,19,24)(H,21,25). The molecule has 0 aliphatic carbocycles. The van der Waals surface area contributed by atoms with Gasteiger partial charge in [-0.3, -0.25) is 25.0 Å². The summed E-state index contributed by atoms with van der Waals surface area (Å²) in [6.45, 7) is 2.58. The molecule has 28 heavy (non-hydrogen) atoms. The predicted octanol–water partition coefficient (Wildman–Crippen LogP) is 2.12. The molecule has 9 nitrogen and oxygen atoms in total. The van der Waals surface area contributed by atoms with Gasteiger partial charge in [-0.15, -0.1) is 10.2 Å². The number of thioether (sulfide) groups is 1. The van der Waals surface area contributed by atoms with E-state index < -0.39 is 5.91 Å². The molecule has 0 spiro atoms. The van der Waals surface area contributed by atoms with E-state index in [0.29, 0.717) is 34.6 Å². The topological polar surface area (TPSA) is 111 Å². The lowest BCUT2D eigenvalue weighted by Gasteiger charge is -2.08. The Hall–Kier alpha value is -3.27. The minimum Gasteiger partial charge on any atom is -0.497 e. The zero-order chi connectivity index (χ0) is 19.9. The number of amides is 2. The molecular weight excluding hydrogens is 382 g/mol. The molecule has 3 rings (SSSR count). The number of nitrogens with zero attached hydrogens (tertiary/aromatic N) is 3. The van der Waals surface area contributed by atoms with Gasteiger partial charge in [-0.25, -0.2) is 0 Å². The second kappa shape index (κ2) is 9.09. The predicted molar refractivity (Wildman–Crippen MR) is 103 cm³/mol. The maximum absolute atomic E-state index is 12.0. The molecule has 2 heterocycles. The van der Waals surface area contributed by atoms with E-state index >= 15 is 0 Å². The van der Waals surface area contributed by atoms with Crippen molar-refractivity contribution >= 4 is 23.6 Å². The maximum Gasteiger partial charge on any atom is 0.269 e. The van der Waals surface area contributed by atoms with Crippen LogP contribution in [0.25, 0.3) is 11.6 Å². The molecule has 0 aliphatic heterocycles. The molecule has 2 aromatic heterocycles. The highest BCUT2D eigenvalue weighted by atomic mass is 32.2. The van der Waals surface area contributed by atoms with Crippen molar-refractivity contribution < 1.29 is 18.7 Å². The van der Waals surface area contributed by atoms with E-state index in [4.69, 9.17) is 9.15 Å². The SMILES string of the molecule is CCn1c(SCC(=O)NNC(=O)c2ccc(OC)cc2)nnc1-c1ccco1. The largest absolute Gasteiger partial charge is 0.497 e. The monoisotopic (exact) mass is 401 g/mol. The molecule has 2 amide bonds. The molecule has 0 atom stereocenters. The number of hydrazine groups is 1. The second-order valence-corrected chi connectivity index (χ2v) is 6.49. The number of ether oxygens (including phenoxy) is 1. The maximum atomic E-state index is 12.0. The van der Waals surface area contributed by atoms with Gasteiger partial charge in [-0.05, 0) is 43.3 Å². The Morgan fingerprint density at radius 3 is 2.61 bits per heavy atom. The molecule has 0 fully saturated rings. The van der Waals surface area contributed by atoms with Gasteiger partial charge in [0, 0.05) is 12.1 Å². The zero-order valence-electron chi connectivity index (χ0n) is 15.3. The van der Waals surface area contributed by atoms with E-state index in [1.165, 1.54) is 11.8 Å². The van der Waals surface area contributed by atoms with Crippen LogP contribution >= 0.6 is 11.8 Å². The molecule has 0 saturated carbocycles. The summed E-state index contributed by atoms with van der Waals surface area (Å²) in [6.07, 6.45) is 1.57. The van der Waals surface area contributed by atoms with Crippen LogP contribution in [0.3, 0.4) is 0 Å². The number of benzene rings is 1. The molecule has 146 valence electrons.